The lowest BCUT2D eigenvalue weighted by Gasteiger charge is -2.17. The maximum Gasteiger partial charge on any atom is 0.282 e. The number of nitrogens with one attached hydrogen (secondary N) is 1. The summed E-state index contributed by atoms with van der Waals surface area (Å²) in [6, 6.07) is 17.8. The minimum absolute atomic E-state index is 0.0759. The van der Waals surface area contributed by atoms with Crippen molar-refractivity contribution in [1.29, 1.82) is 0 Å². The van der Waals surface area contributed by atoms with Gasteiger partial charge in [-0.05, 0) is 60.9 Å². The van der Waals surface area contributed by atoms with Crippen molar-refractivity contribution in [3.63, 3.8) is 0 Å². The van der Waals surface area contributed by atoms with Crippen molar-refractivity contribution in [2.45, 2.75) is 13.8 Å². The van der Waals surface area contributed by atoms with Crippen LogP contribution in [-0.2, 0) is 9.59 Å². The van der Waals surface area contributed by atoms with E-state index in [4.69, 9.17) is 11.6 Å². The van der Waals surface area contributed by atoms with Gasteiger partial charge in [0.25, 0.3) is 17.5 Å². The zero-order valence-electron chi connectivity index (χ0n) is 17.3. The van der Waals surface area contributed by atoms with Crippen molar-refractivity contribution in [1.82, 2.24) is 0 Å². The summed E-state index contributed by atoms with van der Waals surface area (Å²) in [6.45, 7) is 3.67. The minimum atomic E-state index is -0.521. The number of rotatable bonds is 5. The van der Waals surface area contributed by atoms with E-state index < -0.39 is 16.7 Å². The van der Waals surface area contributed by atoms with E-state index in [0.717, 1.165) is 16.0 Å². The highest BCUT2D eigenvalue weighted by molar-refractivity contribution is 6.46. The normalized spacial score (nSPS) is 13.7. The molecule has 0 bridgehead atoms. The van der Waals surface area contributed by atoms with Crippen LogP contribution in [0.15, 0.2) is 72.4 Å². The number of non-ortho nitro benzene ring substituents is 1. The first-order valence-corrected chi connectivity index (χ1v) is 10.1. The van der Waals surface area contributed by atoms with Crippen LogP contribution in [0.3, 0.4) is 0 Å². The fraction of sp³-hybridized carbons (Fsp3) is 0.0833. The molecule has 160 valence electrons. The molecule has 4 rings (SSSR count). The molecular formula is C24H18ClN3O4. The van der Waals surface area contributed by atoms with Gasteiger partial charge in [-0.2, -0.15) is 0 Å². The molecule has 1 N–H and O–H groups in total. The third kappa shape index (κ3) is 3.74. The van der Waals surface area contributed by atoms with E-state index in [-0.39, 0.29) is 17.0 Å². The van der Waals surface area contributed by atoms with Crippen molar-refractivity contribution < 1.29 is 14.5 Å². The molecule has 1 aliphatic rings. The maximum atomic E-state index is 13.5. The summed E-state index contributed by atoms with van der Waals surface area (Å²) in [5.41, 5.74) is 3.14. The molecule has 32 heavy (non-hydrogen) atoms. The quantitative estimate of drug-likeness (QED) is 0.327. The molecule has 2 amide bonds. The van der Waals surface area contributed by atoms with Crippen LogP contribution in [0.5, 0.6) is 0 Å². The number of nitro benzene ring substituents is 1. The molecular weight excluding hydrogens is 430 g/mol. The fourth-order valence-electron chi connectivity index (χ4n) is 3.51. The van der Waals surface area contributed by atoms with Crippen molar-refractivity contribution in [2.24, 2.45) is 0 Å². The summed E-state index contributed by atoms with van der Waals surface area (Å²) < 4.78 is 0. The number of nitrogens with zero attached hydrogens (tertiary/aromatic N) is 2. The van der Waals surface area contributed by atoms with Gasteiger partial charge < -0.3 is 5.32 Å². The van der Waals surface area contributed by atoms with Crippen molar-refractivity contribution in [3.05, 3.63) is 104 Å². The van der Waals surface area contributed by atoms with Crippen LogP contribution < -0.4 is 10.2 Å². The summed E-state index contributed by atoms with van der Waals surface area (Å²) in [6.07, 6.45) is 0. The monoisotopic (exact) mass is 447 g/mol. The Morgan fingerprint density at radius 1 is 0.906 bits per heavy atom. The summed E-state index contributed by atoms with van der Waals surface area (Å²) in [5.74, 6) is -1.03. The molecule has 1 heterocycles. The van der Waals surface area contributed by atoms with Gasteiger partial charge in [-0.3, -0.25) is 19.7 Å². The Balaban J connectivity index is 1.84. The highest BCUT2D eigenvalue weighted by Gasteiger charge is 2.40. The topological polar surface area (TPSA) is 92.6 Å². The largest absolute Gasteiger partial charge is 0.350 e. The Morgan fingerprint density at radius 2 is 1.59 bits per heavy atom. The van der Waals surface area contributed by atoms with Gasteiger partial charge in [0, 0.05) is 22.8 Å². The number of anilines is 2. The molecule has 8 heteroatoms. The van der Waals surface area contributed by atoms with Crippen molar-refractivity contribution in [3.8, 4) is 0 Å². The van der Waals surface area contributed by atoms with Gasteiger partial charge >= 0.3 is 0 Å². The molecule has 0 fully saturated rings. The van der Waals surface area contributed by atoms with E-state index in [9.17, 15) is 19.7 Å². The average Bonchev–Trinajstić information content (AvgIpc) is 3.01. The first kappa shape index (κ1) is 21.3. The van der Waals surface area contributed by atoms with Crippen LogP contribution in [0.1, 0.15) is 16.7 Å². The molecule has 0 radical (unpaired) electrons. The molecule has 1 aliphatic heterocycles. The number of halogens is 1. The third-order valence-corrected chi connectivity index (χ3v) is 5.66. The van der Waals surface area contributed by atoms with E-state index in [0.29, 0.717) is 22.0 Å². The Bertz CT molecular complexity index is 1300. The van der Waals surface area contributed by atoms with E-state index in [1.807, 2.05) is 26.0 Å². The highest BCUT2D eigenvalue weighted by atomic mass is 35.5. The third-order valence-electron chi connectivity index (χ3n) is 5.25. The van der Waals surface area contributed by atoms with Crippen LogP contribution in [0.25, 0.3) is 5.57 Å². The van der Waals surface area contributed by atoms with Gasteiger partial charge in [-0.25, -0.2) is 4.90 Å². The van der Waals surface area contributed by atoms with Crippen LogP contribution >= 0.6 is 11.6 Å². The van der Waals surface area contributed by atoms with Gasteiger partial charge in [-0.1, -0.05) is 35.9 Å². The van der Waals surface area contributed by atoms with Crippen LogP contribution in [0.4, 0.5) is 17.1 Å². The van der Waals surface area contributed by atoms with Gasteiger partial charge in [0.05, 0.1) is 16.2 Å². The summed E-state index contributed by atoms with van der Waals surface area (Å²) in [4.78, 5) is 38.5. The number of para-hydroxylation sites is 1. The maximum absolute atomic E-state index is 13.5. The van der Waals surface area contributed by atoms with Gasteiger partial charge in [0.2, 0.25) is 0 Å². The van der Waals surface area contributed by atoms with Crippen LogP contribution in [-0.4, -0.2) is 16.7 Å². The fourth-order valence-corrected chi connectivity index (χ4v) is 3.69. The van der Waals surface area contributed by atoms with E-state index in [1.165, 1.54) is 24.3 Å². The highest BCUT2D eigenvalue weighted by Crippen LogP contribution is 2.36. The second-order valence-electron chi connectivity index (χ2n) is 7.38. The SMILES string of the molecule is Cc1ccc(NC2=C(c3ccc([N+](=O)[O-])cc3)C(=O)N(c3ccccc3C)C2=O)cc1Cl. The van der Waals surface area contributed by atoms with Gasteiger partial charge in [0.15, 0.2) is 0 Å². The Morgan fingerprint density at radius 3 is 2.22 bits per heavy atom. The lowest BCUT2D eigenvalue weighted by molar-refractivity contribution is -0.384. The molecule has 0 atom stereocenters. The Hall–Kier alpha value is -3.97. The predicted octanol–water partition coefficient (Wildman–Crippen LogP) is 5.26. The second kappa shape index (κ2) is 8.28. The second-order valence-corrected chi connectivity index (χ2v) is 7.78. The Kier molecular flexibility index (Phi) is 5.50. The summed E-state index contributed by atoms with van der Waals surface area (Å²) in [5, 5.41) is 14.6. The molecule has 7 nitrogen and oxygen atoms in total. The average molecular weight is 448 g/mol. The van der Waals surface area contributed by atoms with Crippen LogP contribution in [0, 0.1) is 24.0 Å². The molecule has 0 saturated carbocycles. The number of aryl methyl sites for hydroxylation is 2. The van der Waals surface area contributed by atoms with Gasteiger partial charge in [-0.15, -0.1) is 0 Å². The Labute approximate surface area is 189 Å². The molecule has 0 saturated heterocycles. The first-order chi connectivity index (χ1) is 15.3. The standard InChI is InChI=1S/C24H18ClN3O4/c1-14-7-10-17(13-19(14)25)26-22-21(16-8-11-18(12-9-16)28(31)32)23(29)27(24(22)30)20-6-4-3-5-15(20)2/h3-13,26H,1-2H3. The van der Waals surface area contributed by atoms with Crippen LogP contribution in [0.2, 0.25) is 5.02 Å². The molecule has 3 aromatic carbocycles. The van der Waals surface area contributed by atoms with Crippen molar-refractivity contribution >= 4 is 46.1 Å². The lowest BCUT2D eigenvalue weighted by Crippen LogP contribution is -2.33. The summed E-state index contributed by atoms with van der Waals surface area (Å²) in [7, 11) is 0. The first-order valence-electron chi connectivity index (χ1n) is 9.74. The van der Waals surface area contributed by atoms with E-state index in [2.05, 4.69) is 5.32 Å². The van der Waals surface area contributed by atoms with Gasteiger partial charge in [0.1, 0.15) is 5.70 Å². The number of benzene rings is 3. The molecule has 0 aromatic heterocycles. The molecule has 3 aromatic rings. The zero-order valence-corrected chi connectivity index (χ0v) is 18.0. The molecule has 0 spiro atoms. The minimum Gasteiger partial charge on any atom is -0.350 e. The molecule has 0 aliphatic carbocycles. The van der Waals surface area contributed by atoms with E-state index in [1.54, 1.807) is 30.3 Å². The molecule has 0 unspecified atom stereocenters. The predicted molar refractivity (Wildman–Crippen MR) is 124 cm³/mol. The lowest BCUT2D eigenvalue weighted by atomic mass is 10.0. The summed E-state index contributed by atoms with van der Waals surface area (Å²) >= 11 is 6.23. The number of hydrogen-bond acceptors (Lipinski definition) is 5. The smallest absolute Gasteiger partial charge is 0.282 e. The van der Waals surface area contributed by atoms with Crippen molar-refractivity contribution in [2.75, 3.05) is 10.2 Å². The number of hydrogen-bond donors (Lipinski definition) is 1. The number of nitro groups is 1. The number of carbonyl (C=O) groups excluding carboxylic acids is 2. The number of amides is 2. The number of carbonyl (C=O) groups is 2. The zero-order chi connectivity index (χ0) is 23.0. The number of imide groups is 1. The van der Waals surface area contributed by atoms with E-state index >= 15 is 0 Å².